The lowest BCUT2D eigenvalue weighted by atomic mass is 10.1. The van der Waals surface area contributed by atoms with Crippen LogP contribution in [-0.2, 0) is 0 Å². The average molecular weight is 350 g/mol. The van der Waals surface area contributed by atoms with Crippen LogP contribution in [0.3, 0.4) is 0 Å². The Morgan fingerprint density at radius 3 is 2.85 bits per heavy atom. The molecular formula is C18H14N4O4. The summed E-state index contributed by atoms with van der Waals surface area (Å²) in [6.07, 6.45) is 1.34. The van der Waals surface area contributed by atoms with Crippen LogP contribution >= 0.6 is 0 Å². The van der Waals surface area contributed by atoms with Crippen molar-refractivity contribution < 1.29 is 14.8 Å². The van der Waals surface area contributed by atoms with Gasteiger partial charge in [-0.2, -0.15) is 5.26 Å². The molecule has 0 radical (unpaired) electrons. The summed E-state index contributed by atoms with van der Waals surface area (Å²) in [5.74, 6) is 0.0166. The third-order valence-electron chi connectivity index (χ3n) is 3.84. The van der Waals surface area contributed by atoms with E-state index in [2.05, 4.69) is 9.97 Å². The Kier molecular flexibility index (Phi) is 4.29. The lowest BCUT2D eigenvalue weighted by molar-refractivity contribution is -0.385. The molecule has 1 aromatic heterocycles. The number of methoxy groups -OCH3 is 1. The fourth-order valence-electron chi connectivity index (χ4n) is 2.57. The Hall–Kier alpha value is -3.86. The first-order chi connectivity index (χ1) is 12.4. The third kappa shape index (κ3) is 3.06. The molecular weight excluding hydrogens is 336 g/mol. The summed E-state index contributed by atoms with van der Waals surface area (Å²) >= 11 is 0. The molecule has 0 aliphatic rings. The number of aromatic amines is 1. The fraction of sp³-hybridized carbons (Fsp3) is 0.111. The van der Waals surface area contributed by atoms with E-state index in [1.807, 2.05) is 31.2 Å². The molecule has 8 nitrogen and oxygen atoms in total. The number of hydrogen-bond acceptors (Lipinski definition) is 6. The maximum Gasteiger partial charge on any atom is 0.280 e. The molecule has 1 heterocycles. The van der Waals surface area contributed by atoms with Gasteiger partial charge in [0.15, 0.2) is 11.5 Å². The number of H-pyrrole nitrogens is 1. The first kappa shape index (κ1) is 17.0. The van der Waals surface area contributed by atoms with Gasteiger partial charge in [0.2, 0.25) is 0 Å². The van der Waals surface area contributed by atoms with Crippen molar-refractivity contribution in [2.24, 2.45) is 0 Å². The predicted octanol–water partition coefficient (Wildman–Crippen LogP) is 3.56. The average Bonchev–Trinajstić information content (AvgIpc) is 3.02. The van der Waals surface area contributed by atoms with Crippen molar-refractivity contribution in [2.45, 2.75) is 6.92 Å². The molecule has 0 aliphatic heterocycles. The molecule has 0 fully saturated rings. The molecule has 26 heavy (non-hydrogen) atoms. The Bertz CT molecular complexity index is 1090. The SMILES string of the molecule is COc1cc(/C=C(\C#N)c2nc3ccc(C)cc3[nH]2)c([N+](=O)[O-])cc1O. The van der Waals surface area contributed by atoms with Gasteiger partial charge in [-0.3, -0.25) is 10.1 Å². The van der Waals surface area contributed by atoms with E-state index in [0.717, 1.165) is 17.1 Å². The number of hydrogen-bond donors (Lipinski definition) is 2. The number of nitrogens with one attached hydrogen (secondary N) is 1. The van der Waals surface area contributed by atoms with Crippen molar-refractivity contribution in [3.8, 4) is 17.6 Å². The van der Waals surface area contributed by atoms with Crippen LogP contribution in [0.25, 0.3) is 22.7 Å². The Labute approximate surface area is 148 Å². The zero-order chi connectivity index (χ0) is 18.8. The topological polar surface area (TPSA) is 125 Å². The molecule has 3 rings (SSSR count). The van der Waals surface area contributed by atoms with Gasteiger partial charge in [0.1, 0.15) is 11.9 Å². The van der Waals surface area contributed by atoms with Gasteiger partial charge >= 0.3 is 0 Å². The number of aromatic nitrogens is 2. The van der Waals surface area contributed by atoms with E-state index in [4.69, 9.17) is 4.74 Å². The zero-order valence-electron chi connectivity index (χ0n) is 14.0. The lowest BCUT2D eigenvalue weighted by Gasteiger charge is -2.05. The number of allylic oxidation sites excluding steroid dienone is 1. The Balaban J connectivity index is 2.17. The number of nitriles is 1. The van der Waals surface area contributed by atoms with E-state index in [-0.39, 0.29) is 28.3 Å². The minimum absolute atomic E-state index is 0.0689. The highest BCUT2D eigenvalue weighted by molar-refractivity contribution is 5.92. The van der Waals surface area contributed by atoms with Crippen molar-refractivity contribution in [2.75, 3.05) is 7.11 Å². The molecule has 3 aromatic rings. The summed E-state index contributed by atoms with van der Waals surface area (Å²) in [6, 6.07) is 9.92. The zero-order valence-corrected chi connectivity index (χ0v) is 14.0. The van der Waals surface area contributed by atoms with Crippen LogP contribution in [0.5, 0.6) is 11.5 Å². The molecule has 0 saturated heterocycles. The summed E-state index contributed by atoms with van der Waals surface area (Å²) in [5.41, 5.74) is 2.38. The number of rotatable bonds is 4. The monoisotopic (exact) mass is 350 g/mol. The highest BCUT2D eigenvalue weighted by Gasteiger charge is 2.19. The number of aromatic hydroxyl groups is 1. The number of nitro benzene ring substituents is 1. The Morgan fingerprint density at radius 2 is 2.19 bits per heavy atom. The van der Waals surface area contributed by atoms with Gasteiger partial charge in [-0.1, -0.05) is 6.07 Å². The van der Waals surface area contributed by atoms with Gasteiger partial charge in [-0.05, 0) is 36.8 Å². The number of ether oxygens (including phenoxy) is 1. The van der Waals surface area contributed by atoms with Crippen molar-refractivity contribution in [1.29, 1.82) is 5.26 Å². The third-order valence-corrected chi connectivity index (χ3v) is 3.84. The molecule has 0 amide bonds. The molecule has 0 aliphatic carbocycles. The van der Waals surface area contributed by atoms with Crippen LogP contribution in [-0.4, -0.2) is 27.1 Å². The summed E-state index contributed by atoms with van der Waals surface area (Å²) in [6.45, 7) is 1.94. The number of aryl methyl sites for hydroxylation is 1. The summed E-state index contributed by atoms with van der Waals surface area (Å²) < 4.78 is 4.99. The molecule has 8 heteroatoms. The number of phenolic OH excluding ortho intramolecular Hbond substituents is 1. The standard InChI is InChI=1S/C18H14N4O4/c1-10-3-4-13-14(5-10)21-18(20-13)12(9-19)6-11-7-17(26-2)16(23)8-15(11)22(24)25/h3-8,23H,1-2H3,(H,20,21)/b12-6+. The highest BCUT2D eigenvalue weighted by atomic mass is 16.6. The van der Waals surface area contributed by atoms with Crippen molar-refractivity contribution in [3.63, 3.8) is 0 Å². The van der Waals surface area contributed by atoms with Crippen molar-refractivity contribution in [3.05, 3.63) is 57.4 Å². The number of imidazole rings is 1. The lowest BCUT2D eigenvalue weighted by Crippen LogP contribution is -1.95. The van der Waals surface area contributed by atoms with E-state index >= 15 is 0 Å². The molecule has 0 bridgehead atoms. The van der Waals surface area contributed by atoms with Gasteiger partial charge in [-0.15, -0.1) is 0 Å². The van der Waals surface area contributed by atoms with Crippen molar-refractivity contribution >= 4 is 28.4 Å². The van der Waals surface area contributed by atoms with E-state index in [0.29, 0.717) is 11.3 Å². The smallest absolute Gasteiger partial charge is 0.280 e. The maximum absolute atomic E-state index is 11.3. The fourth-order valence-corrected chi connectivity index (χ4v) is 2.57. The van der Waals surface area contributed by atoms with Crippen LogP contribution in [0.15, 0.2) is 30.3 Å². The van der Waals surface area contributed by atoms with Crippen LogP contribution in [0.4, 0.5) is 5.69 Å². The number of benzene rings is 2. The second-order valence-corrected chi connectivity index (χ2v) is 5.62. The Morgan fingerprint density at radius 1 is 1.42 bits per heavy atom. The van der Waals surface area contributed by atoms with E-state index < -0.39 is 4.92 Å². The molecule has 0 saturated carbocycles. The first-order valence-electron chi connectivity index (χ1n) is 7.57. The number of fused-ring (bicyclic) bond motifs is 1. The molecule has 2 N–H and O–H groups in total. The summed E-state index contributed by atoms with van der Waals surface area (Å²) in [4.78, 5) is 18.0. The minimum Gasteiger partial charge on any atom is -0.504 e. The number of nitro groups is 1. The second kappa shape index (κ2) is 6.57. The molecule has 0 unspecified atom stereocenters. The molecule has 130 valence electrons. The molecule has 2 aromatic carbocycles. The van der Waals surface area contributed by atoms with Gasteiger partial charge in [0.05, 0.1) is 40.3 Å². The minimum atomic E-state index is -0.637. The van der Waals surface area contributed by atoms with Gasteiger partial charge in [-0.25, -0.2) is 4.98 Å². The largest absolute Gasteiger partial charge is 0.504 e. The van der Waals surface area contributed by atoms with Gasteiger partial charge < -0.3 is 14.8 Å². The normalized spacial score (nSPS) is 11.3. The number of phenols is 1. The summed E-state index contributed by atoms with van der Waals surface area (Å²) in [7, 11) is 1.33. The maximum atomic E-state index is 11.3. The van der Waals surface area contributed by atoms with E-state index in [9.17, 15) is 20.5 Å². The van der Waals surface area contributed by atoms with Crippen LogP contribution in [0.2, 0.25) is 0 Å². The quantitative estimate of drug-likeness (QED) is 0.421. The van der Waals surface area contributed by atoms with Gasteiger partial charge in [0, 0.05) is 0 Å². The van der Waals surface area contributed by atoms with Crippen molar-refractivity contribution in [1.82, 2.24) is 9.97 Å². The molecule has 0 spiro atoms. The first-order valence-corrected chi connectivity index (χ1v) is 7.57. The highest BCUT2D eigenvalue weighted by Crippen LogP contribution is 2.35. The van der Waals surface area contributed by atoms with Crippen LogP contribution in [0.1, 0.15) is 17.0 Å². The number of nitrogens with zero attached hydrogens (tertiary/aromatic N) is 3. The second-order valence-electron chi connectivity index (χ2n) is 5.62. The van der Waals surface area contributed by atoms with Gasteiger partial charge in [0.25, 0.3) is 5.69 Å². The van der Waals surface area contributed by atoms with E-state index in [1.54, 1.807) is 0 Å². The van der Waals surface area contributed by atoms with Crippen LogP contribution in [0, 0.1) is 28.4 Å². The molecule has 0 atom stereocenters. The van der Waals surface area contributed by atoms with E-state index in [1.165, 1.54) is 19.3 Å². The van der Waals surface area contributed by atoms with Crippen LogP contribution < -0.4 is 4.74 Å². The predicted molar refractivity (Wildman–Crippen MR) is 95.6 cm³/mol. The summed E-state index contributed by atoms with van der Waals surface area (Å²) in [5, 5.41) is 30.5.